The number of piperidine rings is 1. The van der Waals surface area contributed by atoms with Crippen LogP contribution in [0.4, 0.5) is 0 Å². The van der Waals surface area contributed by atoms with E-state index in [1.807, 2.05) is 6.92 Å². The van der Waals surface area contributed by atoms with Gasteiger partial charge < -0.3 is 4.42 Å². The lowest BCUT2D eigenvalue weighted by atomic mass is 9.97. The summed E-state index contributed by atoms with van der Waals surface area (Å²) in [5.74, 6) is 5.82. The molecular formula is C14H23N3O2. The Bertz CT molecular complexity index is 446. The first kappa shape index (κ1) is 14.1. The number of carbonyl (C=O) groups excluding carboxylic acids is 1. The lowest BCUT2D eigenvalue weighted by Gasteiger charge is -2.38. The number of hydrogen-bond acceptors (Lipinski definition) is 4. The van der Waals surface area contributed by atoms with Gasteiger partial charge in [-0.05, 0) is 39.7 Å². The standard InChI is InChI=1S/C14H23N3O2/c1-9-5-4-6-10(2)17(9)8-12-7-13(14(18)16-15)19-11(12)3/h7,9-10H,4-6,8,15H2,1-3H3,(H,16,18). The lowest BCUT2D eigenvalue weighted by Crippen LogP contribution is -2.43. The fourth-order valence-electron chi connectivity index (χ4n) is 2.84. The van der Waals surface area contributed by atoms with Gasteiger partial charge in [0.15, 0.2) is 5.76 Å². The summed E-state index contributed by atoms with van der Waals surface area (Å²) < 4.78 is 5.46. The molecule has 2 unspecified atom stereocenters. The highest BCUT2D eigenvalue weighted by molar-refractivity contribution is 5.91. The van der Waals surface area contributed by atoms with E-state index in [9.17, 15) is 4.79 Å². The number of carbonyl (C=O) groups is 1. The van der Waals surface area contributed by atoms with E-state index in [0.717, 1.165) is 17.9 Å². The molecule has 1 fully saturated rings. The molecule has 0 aromatic carbocycles. The molecule has 0 radical (unpaired) electrons. The highest BCUT2D eigenvalue weighted by atomic mass is 16.4. The zero-order chi connectivity index (χ0) is 14.0. The van der Waals surface area contributed by atoms with Crippen LogP contribution in [-0.4, -0.2) is 22.9 Å². The second-order valence-corrected chi connectivity index (χ2v) is 5.47. The van der Waals surface area contributed by atoms with Crippen LogP contribution in [0, 0.1) is 6.92 Å². The minimum atomic E-state index is -0.380. The van der Waals surface area contributed by atoms with Crippen molar-refractivity contribution in [3.05, 3.63) is 23.2 Å². The molecule has 106 valence electrons. The zero-order valence-corrected chi connectivity index (χ0v) is 11.9. The van der Waals surface area contributed by atoms with Crippen LogP contribution >= 0.6 is 0 Å². The van der Waals surface area contributed by atoms with Crippen LogP contribution in [0.3, 0.4) is 0 Å². The molecular weight excluding hydrogens is 242 g/mol. The molecule has 5 heteroatoms. The van der Waals surface area contributed by atoms with Crippen LogP contribution < -0.4 is 11.3 Å². The normalized spacial score (nSPS) is 24.4. The summed E-state index contributed by atoms with van der Waals surface area (Å²) in [7, 11) is 0. The van der Waals surface area contributed by atoms with Gasteiger partial charge in [-0.3, -0.25) is 15.1 Å². The third-order valence-electron chi connectivity index (χ3n) is 4.10. The van der Waals surface area contributed by atoms with Gasteiger partial charge in [0, 0.05) is 24.2 Å². The highest BCUT2D eigenvalue weighted by Crippen LogP contribution is 2.26. The number of nitrogens with one attached hydrogen (secondary N) is 1. The predicted molar refractivity (Wildman–Crippen MR) is 73.4 cm³/mol. The Balaban J connectivity index is 2.14. The molecule has 1 aromatic rings. The van der Waals surface area contributed by atoms with Crippen LogP contribution in [0.25, 0.3) is 0 Å². The van der Waals surface area contributed by atoms with Crippen LogP contribution in [0.2, 0.25) is 0 Å². The molecule has 19 heavy (non-hydrogen) atoms. The van der Waals surface area contributed by atoms with Crippen LogP contribution in [-0.2, 0) is 6.54 Å². The molecule has 5 nitrogen and oxygen atoms in total. The van der Waals surface area contributed by atoms with E-state index in [4.69, 9.17) is 10.3 Å². The van der Waals surface area contributed by atoms with Crippen molar-refractivity contribution < 1.29 is 9.21 Å². The number of nitrogens with two attached hydrogens (primary N) is 1. The molecule has 0 aliphatic carbocycles. The highest BCUT2D eigenvalue weighted by Gasteiger charge is 2.26. The number of nitrogens with zero attached hydrogens (tertiary/aromatic N) is 1. The van der Waals surface area contributed by atoms with Crippen molar-refractivity contribution in [1.82, 2.24) is 10.3 Å². The minimum Gasteiger partial charge on any atom is -0.456 e. The minimum absolute atomic E-state index is 0.285. The Labute approximate surface area is 114 Å². The molecule has 2 heterocycles. The van der Waals surface area contributed by atoms with Crippen molar-refractivity contribution in [2.24, 2.45) is 5.84 Å². The van der Waals surface area contributed by atoms with Crippen molar-refractivity contribution in [2.45, 2.75) is 58.7 Å². The maximum Gasteiger partial charge on any atom is 0.300 e. The van der Waals surface area contributed by atoms with Gasteiger partial charge in [-0.15, -0.1) is 0 Å². The summed E-state index contributed by atoms with van der Waals surface area (Å²) in [6.07, 6.45) is 3.76. The number of rotatable bonds is 3. The molecule has 3 N–H and O–H groups in total. The van der Waals surface area contributed by atoms with Crippen molar-refractivity contribution in [3.8, 4) is 0 Å². The van der Waals surface area contributed by atoms with Crippen LogP contribution in [0.15, 0.2) is 10.5 Å². The topological polar surface area (TPSA) is 71.5 Å². The summed E-state index contributed by atoms with van der Waals surface area (Å²) >= 11 is 0. The van der Waals surface area contributed by atoms with Gasteiger partial charge in [0.05, 0.1) is 0 Å². The van der Waals surface area contributed by atoms with Gasteiger partial charge in [-0.2, -0.15) is 0 Å². The Morgan fingerprint density at radius 2 is 2.11 bits per heavy atom. The molecule has 1 aliphatic heterocycles. The molecule has 0 spiro atoms. The molecule has 1 amide bonds. The number of hydrogen-bond donors (Lipinski definition) is 2. The number of aryl methyl sites for hydroxylation is 1. The lowest BCUT2D eigenvalue weighted by molar-refractivity contribution is 0.0924. The van der Waals surface area contributed by atoms with E-state index in [1.54, 1.807) is 6.07 Å². The molecule has 2 atom stereocenters. The van der Waals surface area contributed by atoms with Crippen LogP contribution in [0.5, 0.6) is 0 Å². The van der Waals surface area contributed by atoms with Gasteiger partial charge in [0.1, 0.15) is 5.76 Å². The third-order valence-corrected chi connectivity index (χ3v) is 4.10. The summed E-state index contributed by atoms with van der Waals surface area (Å²) in [6.45, 7) is 7.24. The largest absolute Gasteiger partial charge is 0.456 e. The summed E-state index contributed by atoms with van der Waals surface area (Å²) in [4.78, 5) is 13.9. The van der Waals surface area contributed by atoms with E-state index < -0.39 is 0 Å². The maximum atomic E-state index is 11.5. The number of furan rings is 1. The van der Waals surface area contributed by atoms with E-state index in [2.05, 4.69) is 24.2 Å². The van der Waals surface area contributed by atoms with E-state index >= 15 is 0 Å². The van der Waals surface area contributed by atoms with Crippen LogP contribution in [0.1, 0.15) is 55.0 Å². The van der Waals surface area contributed by atoms with Gasteiger partial charge >= 0.3 is 5.91 Å². The van der Waals surface area contributed by atoms with Gasteiger partial charge in [-0.25, -0.2) is 5.84 Å². The first-order valence-electron chi connectivity index (χ1n) is 6.89. The molecule has 1 saturated heterocycles. The van der Waals surface area contributed by atoms with Crippen molar-refractivity contribution in [3.63, 3.8) is 0 Å². The molecule has 0 bridgehead atoms. The van der Waals surface area contributed by atoms with Crippen molar-refractivity contribution >= 4 is 5.91 Å². The zero-order valence-electron chi connectivity index (χ0n) is 11.9. The van der Waals surface area contributed by atoms with E-state index in [1.165, 1.54) is 19.3 Å². The van der Waals surface area contributed by atoms with Crippen molar-refractivity contribution in [1.29, 1.82) is 0 Å². The second kappa shape index (κ2) is 5.75. The number of amides is 1. The monoisotopic (exact) mass is 265 g/mol. The van der Waals surface area contributed by atoms with Crippen molar-refractivity contribution in [2.75, 3.05) is 0 Å². The molecule has 1 aliphatic rings. The number of likely N-dealkylation sites (tertiary alicyclic amines) is 1. The molecule has 2 rings (SSSR count). The third kappa shape index (κ3) is 2.98. The van der Waals surface area contributed by atoms with Gasteiger partial charge in [0.2, 0.25) is 0 Å². The maximum absolute atomic E-state index is 11.5. The predicted octanol–water partition coefficient (Wildman–Crippen LogP) is 1.95. The summed E-state index contributed by atoms with van der Waals surface area (Å²) in [5.41, 5.74) is 3.17. The number of hydrazine groups is 1. The van der Waals surface area contributed by atoms with E-state index in [0.29, 0.717) is 12.1 Å². The Kier molecular flexibility index (Phi) is 4.27. The SMILES string of the molecule is Cc1oc(C(=O)NN)cc1CN1C(C)CCCC1C. The smallest absolute Gasteiger partial charge is 0.300 e. The van der Waals surface area contributed by atoms with Gasteiger partial charge in [0.25, 0.3) is 0 Å². The first-order valence-corrected chi connectivity index (χ1v) is 6.89. The summed E-state index contributed by atoms with van der Waals surface area (Å²) in [5, 5.41) is 0. The second-order valence-electron chi connectivity index (χ2n) is 5.47. The Morgan fingerprint density at radius 3 is 2.68 bits per heavy atom. The fraction of sp³-hybridized carbons (Fsp3) is 0.643. The molecule has 0 saturated carbocycles. The van der Waals surface area contributed by atoms with Gasteiger partial charge in [-0.1, -0.05) is 6.42 Å². The fourth-order valence-corrected chi connectivity index (χ4v) is 2.84. The summed E-state index contributed by atoms with van der Waals surface area (Å²) in [6, 6.07) is 2.95. The molecule has 1 aromatic heterocycles. The Hall–Kier alpha value is -1.33. The average molecular weight is 265 g/mol. The Morgan fingerprint density at radius 1 is 1.47 bits per heavy atom. The average Bonchev–Trinajstić information content (AvgIpc) is 2.74. The first-order chi connectivity index (χ1) is 9.02. The van der Waals surface area contributed by atoms with E-state index in [-0.39, 0.29) is 11.7 Å². The number of nitrogen functional groups attached to an aromatic ring is 1. The quantitative estimate of drug-likeness (QED) is 0.498.